The van der Waals surface area contributed by atoms with Crippen LogP contribution in [0.25, 0.3) is 6.08 Å². The minimum Gasteiger partial charge on any atom is -0.497 e. The Bertz CT molecular complexity index is 1090. The molecule has 0 aromatic heterocycles. The lowest BCUT2D eigenvalue weighted by Crippen LogP contribution is -2.71. The summed E-state index contributed by atoms with van der Waals surface area (Å²) in [5, 5.41) is 0. The molecule has 0 bridgehead atoms. The van der Waals surface area contributed by atoms with Gasteiger partial charge < -0.3 is 9.64 Å². The Kier molecular flexibility index (Phi) is 5.92. The fraction of sp³-hybridized carbons (Fsp3) is 0.222. The largest absolute Gasteiger partial charge is 0.497 e. The van der Waals surface area contributed by atoms with Gasteiger partial charge in [-0.2, -0.15) is 0 Å². The zero-order valence-electron chi connectivity index (χ0n) is 18.3. The molecule has 3 aromatic rings. The van der Waals surface area contributed by atoms with E-state index in [1.54, 1.807) is 18.9 Å². The fourth-order valence-electron chi connectivity index (χ4n) is 4.14. The van der Waals surface area contributed by atoms with Crippen LogP contribution in [0.1, 0.15) is 25.0 Å². The van der Waals surface area contributed by atoms with Crippen molar-refractivity contribution in [1.82, 2.24) is 0 Å². The Hall–Kier alpha value is -2.98. The van der Waals surface area contributed by atoms with E-state index in [1.807, 2.05) is 47.4 Å². The number of benzene rings is 3. The second-order valence-electron chi connectivity index (χ2n) is 8.10. The molecule has 0 radical (unpaired) electrons. The third-order valence-corrected chi connectivity index (χ3v) is 7.08. The van der Waals surface area contributed by atoms with Crippen molar-refractivity contribution in [3.63, 3.8) is 0 Å². The second-order valence-corrected chi connectivity index (χ2v) is 9.62. The summed E-state index contributed by atoms with van der Waals surface area (Å²) in [6, 6.07) is 26.3. The highest BCUT2D eigenvalue weighted by atomic mass is 32.2. The third-order valence-electron chi connectivity index (χ3n) is 5.75. The highest BCUT2D eigenvalue weighted by Gasteiger charge is 2.59. The van der Waals surface area contributed by atoms with Gasteiger partial charge >= 0.3 is 0 Å². The first-order valence-corrected chi connectivity index (χ1v) is 11.2. The molecule has 1 aliphatic heterocycles. The Morgan fingerprint density at radius 3 is 2.26 bits per heavy atom. The minimum absolute atomic E-state index is 0.0556. The van der Waals surface area contributed by atoms with Gasteiger partial charge in [0, 0.05) is 10.6 Å². The van der Waals surface area contributed by atoms with Crippen molar-refractivity contribution in [2.24, 2.45) is 0 Å². The van der Waals surface area contributed by atoms with E-state index in [2.05, 4.69) is 63.2 Å². The smallest absolute Gasteiger partial charge is 0.246 e. The third kappa shape index (κ3) is 4.13. The van der Waals surface area contributed by atoms with Crippen LogP contribution in [-0.2, 0) is 4.79 Å². The normalized spacial score (nSPS) is 21.0. The van der Waals surface area contributed by atoms with E-state index in [1.165, 1.54) is 5.56 Å². The second kappa shape index (κ2) is 8.64. The zero-order chi connectivity index (χ0) is 22.0. The molecule has 158 valence electrons. The summed E-state index contributed by atoms with van der Waals surface area (Å²) < 4.78 is 4.71. The maximum Gasteiger partial charge on any atom is 0.246 e. The molecule has 0 spiro atoms. The molecule has 1 heterocycles. The minimum atomic E-state index is -0.579. The van der Waals surface area contributed by atoms with Crippen molar-refractivity contribution in [2.45, 2.75) is 36.5 Å². The van der Waals surface area contributed by atoms with Crippen LogP contribution in [0.2, 0.25) is 0 Å². The van der Waals surface area contributed by atoms with Crippen LogP contribution >= 0.6 is 11.8 Å². The summed E-state index contributed by atoms with van der Waals surface area (Å²) in [4.78, 5) is 16.5. The van der Waals surface area contributed by atoms with E-state index >= 15 is 0 Å². The molecule has 31 heavy (non-hydrogen) atoms. The molecule has 0 N–H and O–H groups in total. The molecule has 3 nitrogen and oxygen atoms in total. The lowest BCUT2D eigenvalue weighted by molar-refractivity contribution is -0.126. The Morgan fingerprint density at radius 2 is 1.65 bits per heavy atom. The number of hydrogen-bond donors (Lipinski definition) is 0. The molecule has 4 rings (SSSR count). The van der Waals surface area contributed by atoms with Gasteiger partial charge in [-0.05, 0) is 68.3 Å². The number of anilines is 1. The van der Waals surface area contributed by atoms with E-state index in [0.717, 1.165) is 27.5 Å². The van der Waals surface area contributed by atoms with Crippen LogP contribution < -0.4 is 9.64 Å². The highest BCUT2D eigenvalue weighted by molar-refractivity contribution is 8.01. The standard InChI is InChI=1S/C27H27NO2S/c1-19-10-16-24(17-11-19)31-27(3)25(20(2)18-21-8-6-5-7-9-21)28(26(27)29)22-12-14-23(30-4)15-13-22/h5-18,25H,1-4H3/b20-18+/t25-,27-/m0/s1. The van der Waals surface area contributed by atoms with Crippen molar-refractivity contribution >= 4 is 29.4 Å². The van der Waals surface area contributed by atoms with Gasteiger partial charge in [0.15, 0.2) is 0 Å². The maximum atomic E-state index is 13.5. The first-order valence-electron chi connectivity index (χ1n) is 10.4. The van der Waals surface area contributed by atoms with E-state index in [9.17, 15) is 4.79 Å². The lowest BCUT2D eigenvalue weighted by Gasteiger charge is -2.54. The van der Waals surface area contributed by atoms with Gasteiger partial charge in [0.05, 0.1) is 13.2 Å². The zero-order valence-corrected chi connectivity index (χ0v) is 19.1. The number of methoxy groups -OCH3 is 1. The van der Waals surface area contributed by atoms with Crippen LogP contribution in [0.3, 0.4) is 0 Å². The lowest BCUT2D eigenvalue weighted by atomic mass is 9.81. The highest BCUT2D eigenvalue weighted by Crippen LogP contribution is 2.50. The van der Waals surface area contributed by atoms with Crippen LogP contribution in [-0.4, -0.2) is 23.8 Å². The molecule has 1 fully saturated rings. The molecule has 1 aliphatic rings. The number of carbonyl (C=O) groups excluding carboxylic acids is 1. The van der Waals surface area contributed by atoms with Crippen molar-refractivity contribution in [3.05, 3.63) is 95.6 Å². The number of β-lactam (4-membered cyclic amide) rings is 1. The molecule has 1 amide bonds. The van der Waals surface area contributed by atoms with Gasteiger partial charge in [0.25, 0.3) is 0 Å². The summed E-state index contributed by atoms with van der Waals surface area (Å²) in [5.74, 6) is 0.899. The number of hydrogen-bond acceptors (Lipinski definition) is 3. The fourth-order valence-corrected chi connectivity index (χ4v) is 5.49. The summed E-state index contributed by atoms with van der Waals surface area (Å²) in [7, 11) is 1.65. The topological polar surface area (TPSA) is 29.5 Å². The molecule has 0 aliphatic carbocycles. The first kappa shape index (κ1) is 21.3. The number of ether oxygens (including phenoxy) is 1. The van der Waals surface area contributed by atoms with Gasteiger partial charge in [-0.1, -0.05) is 54.1 Å². The van der Waals surface area contributed by atoms with Gasteiger partial charge in [-0.15, -0.1) is 11.8 Å². The van der Waals surface area contributed by atoms with Gasteiger partial charge in [-0.25, -0.2) is 0 Å². The number of thioether (sulfide) groups is 1. The number of carbonyl (C=O) groups is 1. The number of amides is 1. The van der Waals surface area contributed by atoms with E-state index in [-0.39, 0.29) is 11.9 Å². The maximum absolute atomic E-state index is 13.5. The summed E-state index contributed by atoms with van der Waals surface area (Å²) in [6.45, 7) is 6.26. The van der Waals surface area contributed by atoms with Crippen molar-refractivity contribution in [1.29, 1.82) is 0 Å². The average molecular weight is 430 g/mol. The number of nitrogens with zero attached hydrogens (tertiary/aromatic N) is 1. The van der Waals surface area contributed by atoms with Crippen LogP contribution in [0.5, 0.6) is 5.75 Å². The molecular weight excluding hydrogens is 402 g/mol. The summed E-state index contributed by atoms with van der Waals surface area (Å²) >= 11 is 1.65. The van der Waals surface area contributed by atoms with Crippen LogP contribution in [0, 0.1) is 6.92 Å². The summed E-state index contributed by atoms with van der Waals surface area (Å²) in [6.07, 6.45) is 2.18. The first-order chi connectivity index (χ1) is 14.9. The average Bonchev–Trinajstić information content (AvgIpc) is 2.79. The van der Waals surface area contributed by atoms with Crippen LogP contribution in [0.15, 0.2) is 89.3 Å². The Labute approximate surface area is 188 Å². The van der Waals surface area contributed by atoms with Crippen molar-refractivity contribution in [3.8, 4) is 5.75 Å². The quantitative estimate of drug-likeness (QED) is 0.426. The predicted octanol–water partition coefficient (Wildman–Crippen LogP) is 6.37. The molecule has 0 unspecified atom stereocenters. The number of rotatable bonds is 6. The molecule has 2 atom stereocenters. The van der Waals surface area contributed by atoms with Gasteiger partial charge in [-0.3, -0.25) is 4.79 Å². The molecule has 0 saturated carbocycles. The Balaban J connectivity index is 1.72. The van der Waals surface area contributed by atoms with E-state index < -0.39 is 4.75 Å². The predicted molar refractivity (Wildman–Crippen MR) is 130 cm³/mol. The van der Waals surface area contributed by atoms with E-state index in [0.29, 0.717) is 0 Å². The molecular formula is C27H27NO2S. The molecule has 1 saturated heterocycles. The number of aryl methyl sites for hydroxylation is 1. The van der Waals surface area contributed by atoms with Gasteiger partial charge in [0.1, 0.15) is 10.5 Å². The van der Waals surface area contributed by atoms with Crippen molar-refractivity contribution < 1.29 is 9.53 Å². The SMILES string of the molecule is COc1ccc(N2C(=O)[C@@](C)(Sc3ccc(C)cc3)[C@@H]2/C(C)=C/c2ccccc2)cc1. The van der Waals surface area contributed by atoms with Crippen LogP contribution in [0.4, 0.5) is 5.69 Å². The summed E-state index contributed by atoms with van der Waals surface area (Å²) in [5.41, 5.74) is 4.39. The monoisotopic (exact) mass is 429 g/mol. The van der Waals surface area contributed by atoms with Crippen molar-refractivity contribution in [2.75, 3.05) is 12.0 Å². The molecule has 3 aromatic carbocycles. The van der Waals surface area contributed by atoms with Gasteiger partial charge in [0.2, 0.25) is 5.91 Å². The molecule has 4 heteroatoms. The van der Waals surface area contributed by atoms with E-state index in [4.69, 9.17) is 4.74 Å². The Morgan fingerprint density at radius 1 is 1.00 bits per heavy atom.